The van der Waals surface area contributed by atoms with Crippen molar-refractivity contribution >= 4 is 17.8 Å². The number of amides is 1. The third-order valence-corrected chi connectivity index (χ3v) is 4.49. The predicted octanol–water partition coefficient (Wildman–Crippen LogP) is 1.78. The molecule has 1 amide bonds. The molecule has 9 heteroatoms. The van der Waals surface area contributed by atoms with E-state index < -0.39 is 18.5 Å². The number of nitriles is 1. The Hall–Kier alpha value is -3.67. The van der Waals surface area contributed by atoms with Gasteiger partial charge in [-0.2, -0.15) is 10.4 Å². The molecule has 0 saturated heterocycles. The number of rotatable bonds is 9. The highest BCUT2D eigenvalue weighted by Crippen LogP contribution is 2.20. The van der Waals surface area contributed by atoms with Gasteiger partial charge in [0, 0.05) is 18.7 Å². The van der Waals surface area contributed by atoms with E-state index in [2.05, 4.69) is 15.2 Å². The van der Waals surface area contributed by atoms with E-state index in [-0.39, 0.29) is 25.4 Å². The van der Waals surface area contributed by atoms with Crippen molar-refractivity contribution in [1.29, 1.82) is 5.26 Å². The van der Waals surface area contributed by atoms with Crippen LogP contribution >= 0.6 is 0 Å². The van der Waals surface area contributed by atoms with Gasteiger partial charge in [-0.15, -0.1) is 0 Å². The molecule has 0 atom stereocenters. The largest absolute Gasteiger partial charge is 0.469 e. The molecule has 1 aromatic heterocycles. The van der Waals surface area contributed by atoms with Gasteiger partial charge >= 0.3 is 11.9 Å². The highest BCUT2D eigenvalue weighted by atomic mass is 16.5. The summed E-state index contributed by atoms with van der Waals surface area (Å²) in [6.45, 7) is 3.60. The van der Waals surface area contributed by atoms with E-state index in [1.54, 1.807) is 28.9 Å². The highest BCUT2D eigenvalue weighted by molar-refractivity contribution is 5.91. The number of nitrogens with zero attached hydrogens (tertiary/aromatic N) is 3. The van der Waals surface area contributed by atoms with Gasteiger partial charge in [0.2, 0.25) is 0 Å². The van der Waals surface area contributed by atoms with E-state index in [0.29, 0.717) is 12.0 Å². The Morgan fingerprint density at radius 3 is 2.53 bits per heavy atom. The van der Waals surface area contributed by atoms with Gasteiger partial charge in [0.1, 0.15) is 0 Å². The van der Waals surface area contributed by atoms with Gasteiger partial charge in [0.25, 0.3) is 5.91 Å². The van der Waals surface area contributed by atoms with Crippen LogP contribution in [0.1, 0.15) is 40.2 Å². The van der Waals surface area contributed by atoms with Crippen LogP contribution in [0.25, 0.3) is 5.69 Å². The van der Waals surface area contributed by atoms with Crippen molar-refractivity contribution in [2.75, 3.05) is 20.3 Å². The molecule has 158 valence electrons. The van der Waals surface area contributed by atoms with Crippen molar-refractivity contribution in [1.82, 2.24) is 15.1 Å². The second-order valence-corrected chi connectivity index (χ2v) is 6.52. The average molecular weight is 412 g/mol. The van der Waals surface area contributed by atoms with Crippen molar-refractivity contribution in [3.05, 3.63) is 46.8 Å². The quantitative estimate of drug-likeness (QED) is 0.492. The molecular weight excluding hydrogens is 388 g/mol. The predicted molar refractivity (Wildman–Crippen MR) is 107 cm³/mol. The lowest BCUT2D eigenvalue weighted by molar-refractivity contribution is -0.140. The summed E-state index contributed by atoms with van der Waals surface area (Å²) < 4.78 is 11.4. The van der Waals surface area contributed by atoms with Gasteiger partial charge in [-0.25, -0.2) is 9.48 Å². The second kappa shape index (κ2) is 10.8. The molecule has 0 fully saturated rings. The van der Waals surface area contributed by atoms with E-state index in [4.69, 9.17) is 10.00 Å². The van der Waals surface area contributed by atoms with Crippen molar-refractivity contribution in [2.24, 2.45) is 0 Å². The van der Waals surface area contributed by atoms with Crippen molar-refractivity contribution in [2.45, 2.75) is 33.1 Å². The molecular formula is C21H24N4O5. The van der Waals surface area contributed by atoms with Crippen LogP contribution in [0.4, 0.5) is 0 Å². The smallest absolute Gasteiger partial charge is 0.338 e. The Morgan fingerprint density at radius 2 is 1.90 bits per heavy atom. The van der Waals surface area contributed by atoms with E-state index in [9.17, 15) is 14.4 Å². The molecule has 1 aromatic carbocycles. The van der Waals surface area contributed by atoms with Gasteiger partial charge in [-0.05, 0) is 50.1 Å². The number of hydrogen-bond donors (Lipinski definition) is 1. The topological polar surface area (TPSA) is 123 Å². The molecule has 30 heavy (non-hydrogen) atoms. The normalized spacial score (nSPS) is 10.2. The summed E-state index contributed by atoms with van der Waals surface area (Å²) in [5.41, 5.74) is 3.76. The van der Waals surface area contributed by atoms with E-state index in [0.717, 1.165) is 22.6 Å². The molecule has 2 rings (SSSR count). The molecule has 0 aliphatic heterocycles. The minimum absolute atomic E-state index is 0.192. The third-order valence-electron chi connectivity index (χ3n) is 4.49. The maximum Gasteiger partial charge on any atom is 0.338 e. The first-order chi connectivity index (χ1) is 14.4. The summed E-state index contributed by atoms with van der Waals surface area (Å²) in [4.78, 5) is 35.1. The first-order valence-electron chi connectivity index (χ1n) is 9.40. The summed E-state index contributed by atoms with van der Waals surface area (Å²) in [6.07, 6.45) is 1.00. The number of carbonyl (C=O) groups excluding carboxylic acids is 3. The molecule has 2 aromatic rings. The zero-order valence-electron chi connectivity index (χ0n) is 17.2. The van der Waals surface area contributed by atoms with Gasteiger partial charge in [-0.3, -0.25) is 9.59 Å². The lowest BCUT2D eigenvalue weighted by atomic mass is 10.1. The molecule has 0 aliphatic rings. The molecule has 0 unspecified atom stereocenters. The van der Waals surface area contributed by atoms with Crippen LogP contribution in [-0.2, 0) is 25.5 Å². The number of benzene rings is 1. The van der Waals surface area contributed by atoms with Crippen LogP contribution in [0.3, 0.4) is 0 Å². The van der Waals surface area contributed by atoms with Crippen LogP contribution in [0.2, 0.25) is 0 Å². The molecule has 1 N–H and O–H groups in total. The lowest BCUT2D eigenvalue weighted by Crippen LogP contribution is -2.29. The maximum atomic E-state index is 12.1. The lowest BCUT2D eigenvalue weighted by Gasteiger charge is -2.08. The third kappa shape index (κ3) is 5.91. The Morgan fingerprint density at radius 1 is 1.20 bits per heavy atom. The average Bonchev–Trinajstić information content (AvgIpc) is 3.03. The van der Waals surface area contributed by atoms with Crippen LogP contribution in [0, 0.1) is 25.2 Å². The number of nitrogens with one attached hydrogen (secondary N) is 1. The monoisotopic (exact) mass is 412 g/mol. The molecule has 0 spiro atoms. The number of ether oxygens (including phenoxy) is 2. The molecule has 0 aliphatic carbocycles. The number of carbonyl (C=O) groups is 3. The zero-order valence-corrected chi connectivity index (χ0v) is 17.2. The Kier molecular flexibility index (Phi) is 8.11. The maximum absolute atomic E-state index is 12.1. The Labute approximate surface area is 174 Å². The minimum atomic E-state index is -0.621. The van der Waals surface area contributed by atoms with Gasteiger partial charge < -0.3 is 14.8 Å². The zero-order chi connectivity index (χ0) is 22.1. The van der Waals surface area contributed by atoms with Gasteiger partial charge in [0.15, 0.2) is 6.61 Å². The van der Waals surface area contributed by atoms with Gasteiger partial charge in [-0.1, -0.05) is 0 Å². The molecule has 9 nitrogen and oxygen atoms in total. The fourth-order valence-corrected chi connectivity index (χ4v) is 2.88. The van der Waals surface area contributed by atoms with E-state index in [1.807, 2.05) is 19.9 Å². The first-order valence-corrected chi connectivity index (χ1v) is 9.40. The summed E-state index contributed by atoms with van der Waals surface area (Å²) in [6, 6.07) is 8.55. The number of aromatic nitrogens is 2. The fraction of sp³-hybridized carbons (Fsp3) is 0.381. The SMILES string of the molecule is COC(=O)CCc1c(C)nn(-c2ccc(C(=O)OCC(=O)NCCC#N)cc2)c1C. The Balaban J connectivity index is 2.02. The Bertz CT molecular complexity index is 957. The number of hydrogen-bond acceptors (Lipinski definition) is 7. The summed E-state index contributed by atoms with van der Waals surface area (Å²) in [7, 11) is 1.36. The molecule has 0 radical (unpaired) electrons. The molecule has 1 heterocycles. The summed E-state index contributed by atoms with van der Waals surface area (Å²) >= 11 is 0. The van der Waals surface area contributed by atoms with E-state index in [1.165, 1.54) is 7.11 Å². The summed E-state index contributed by atoms with van der Waals surface area (Å²) in [5, 5.41) is 15.4. The van der Waals surface area contributed by atoms with E-state index >= 15 is 0 Å². The second-order valence-electron chi connectivity index (χ2n) is 6.52. The van der Waals surface area contributed by atoms with Crippen molar-refractivity contribution < 1.29 is 23.9 Å². The summed E-state index contributed by atoms with van der Waals surface area (Å²) in [5.74, 6) is -1.36. The van der Waals surface area contributed by atoms with Crippen LogP contribution in [-0.4, -0.2) is 47.9 Å². The molecule has 0 bridgehead atoms. The van der Waals surface area contributed by atoms with Crippen LogP contribution in [0.5, 0.6) is 0 Å². The number of esters is 2. The first kappa shape index (κ1) is 22.6. The van der Waals surface area contributed by atoms with Crippen molar-refractivity contribution in [3.8, 4) is 11.8 Å². The van der Waals surface area contributed by atoms with Crippen molar-refractivity contribution in [3.63, 3.8) is 0 Å². The fourth-order valence-electron chi connectivity index (χ4n) is 2.88. The highest BCUT2D eigenvalue weighted by Gasteiger charge is 2.15. The number of aryl methyl sites for hydroxylation is 1. The minimum Gasteiger partial charge on any atom is -0.469 e. The standard InChI is InChI=1S/C21H24N4O5/c1-14-18(9-10-20(27)29-3)15(2)25(24-14)17-7-5-16(6-8-17)21(28)30-13-19(26)23-12-4-11-22/h5-8H,4,9-10,12-13H2,1-3H3,(H,23,26). The molecule has 0 saturated carbocycles. The van der Waals surface area contributed by atoms with Gasteiger partial charge in [0.05, 0.1) is 36.5 Å². The van der Waals surface area contributed by atoms with Crippen LogP contribution < -0.4 is 5.32 Å². The number of methoxy groups -OCH3 is 1. The van der Waals surface area contributed by atoms with Crippen LogP contribution in [0.15, 0.2) is 24.3 Å².